The molecule has 4 nitrogen and oxygen atoms in total. The third-order valence-corrected chi connectivity index (χ3v) is 4.10. The highest BCUT2D eigenvalue weighted by Gasteiger charge is 2.18. The van der Waals surface area contributed by atoms with Gasteiger partial charge in [0.05, 0.1) is 0 Å². The van der Waals surface area contributed by atoms with Crippen LogP contribution in [0.25, 0.3) is 0 Å². The molecule has 1 aliphatic heterocycles. The van der Waals surface area contributed by atoms with E-state index in [1.807, 2.05) is 48.3 Å². The van der Waals surface area contributed by atoms with Gasteiger partial charge in [-0.15, -0.1) is 0 Å². The number of amides is 1. The van der Waals surface area contributed by atoms with E-state index in [9.17, 15) is 9.59 Å². The molecule has 0 spiro atoms. The summed E-state index contributed by atoms with van der Waals surface area (Å²) < 4.78 is 0. The molecule has 1 amide bonds. The summed E-state index contributed by atoms with van der Waals surface area (Å²) in [4.78, 5) is 22.4. The van der Waals surface area contributed by atoms with Crippen molar-refractivity contribution in [3.8, 4) is 0 Å². The van der Waals surface area contributed by atoms with E-state index in [0.29, 0.717) is 5.75 Å². The van der Waals surface area contributed by atoms with Crippen LogP contribution in [-0.2, 0) is 9.59 Å². The SMILES string of the molecule is CC(=O)SCC(C)C(=O)NN1CCCC1.c1ccccc1. The largest absolute Gasteiger partial charge is 0.289 e. The molecule has 116 valence electrons. The van der Waals surface area contributed by atoms with E-state index in [4.69, 9.17) is 0 Å². The lowest BCUT2D eigenvalue weighted by atomic mass is 10.2. The van der Waals surface area contributed by atoms with Gasteiger partial charge in [-0.25, -0.2) is 5.01 Å². The minimum Gasteiger partial charge on any atom is -0.289 e. The first-order chi connectivity index (χ1) is 10.1. The Morgan fingerprint density at radius 1 is 1.10 bits per heavy atom. The molecular weight excluding hydrogens is 284 g/mol. The molecule has 1 N–H and O–H groups in total. The average molecular weight is 308 g/mol. The molecular formula is C16H24N2O2S. The van der Waals surface area contributed by atoms with Crippen LogP contribution in [0.5, 0.6) is 0 Å². The number of hydrogen-bond acceptors (Lipinski definition) is 4. The number of carbonyl (C=O) groups excluding carboxylic acids is 2. The summed E-state index contributed by atoms with van der Waals surface area (Å²) in [6.07, 6.45) is 2.30. The van der Waals surface area contributed by atoms with E-state index < -0.39 is 0 Å². The van der Waals surface area contributed by atoms with Crippen LogP contribution in [0.15, 0.2) is 36.4 Å². The van der Waals surface area contributed by atoms with Crippen molar-refractivity contribution in [2.45, 2.75) is 26.7 Å². The van der Waals surface area contributed by atoms with Crippen LogP contribution in [0, 0.1) is 5.92 Å². The molecule has 1 saturated heterocycles. The van der Waals surface area contributed by atoms with Crippen molar-refractivity contribution >= 4 is 22.8 Å². The minimum atomic E-state index is -0.112. The number of nitrogens with zero attached hydrogens (tertiary/aromatic N) is 1. The quantitative estimate of drug-likeness (QED) is 0.929. The van der Waals surface area contributed by atoms with Crippen LogP contribution in [-0.4, -0.2) is 34.9 Å². The van der Waals surface area contributed by atoms with E-state index in [2.05, 4.69) is 5.43 Å². The molecule has 1 aliphatic rings. The molecule has 1 atom stereocenters. The number of benzene rings is 1. The Kier molecular flexibility index (Phi) is 8.78. The Morgan fingerprint density at radius 3 is 2.00 bits per heavy atom. The Bertz CT molecular complexity index is 393. The predicted octanol–water partition coefficient (Wildman–Crippen LogP) is 2.72. The molecule has 0 radical (unpaired) electrons. The summed E-state index contributed by atoms with van der Waals surface area (Å²) in [7, 11) is 0. The Hall–Kier alpha value is -1.33. The van der Waals surface area contributed by atoms with Gasteiger partial charge in [0.25, 0.3) is 0 Å². The Morgan fingerprint density at radius 2 is 1.57 bits per heavy atom. The molecule has 5 heteroatoms. The maximum absolute atomic E-state index is 11.6. The van der Waals surface area contributed by atoms with Crippen molar-refractivity contribution in [2.75, 3.05) is 18.8 Å². The van der Waals surface area contributed by atoms with Crippen molar-refractivity contribution in [3.05, 3.63) is 36.4 Å². The molecule has 0 bridgehead atoms. The zero-order chi connectivity index (χ0) is 15.5. The van der Waals surface area contributed by atoms with Gasteiger partial charge in [0.1, 0.15) is 0 Å². The van der Waals surface area contributed by atoms with Crippen LogP contribution in [0.2, 0.25) is 0 Å². The first kappa shape index (κ1) is 17.7. The van der Waals surface area contributed by atoms with Crippen molar-refractivity contribution in [1.82, 2.24) is 10.4 Å². The second-order valence-electron chi connectivity index (χ2n) is 5.03. The maximum atomic E-state index is 11.6. The van der Waals surface area contributed by atoms with E-state index in [1.54, 1.807) is 0 Å². The fourth-order valence-electron chi connectivity index (χ4n) is 1.80. The van der Waals surface area contributed by atoms with E-state index >= 15 is 0 Å². The fraction of sp³-hybridized carbons (Fsp3) is 0.500. The summed E-state index contributed by atoms with van der Waals surface area (Å²) in [6, 6.07) is 12.0. The van der Waals surface area contributed by atoms with Crippen molar-refractivity contribution in [1.29, 1.82) is 0 Å². The zero-order valence-corrected chi connectivity index (χ0v) is 13.6. The number of hydrazine groups is 1. The molecule has 0 aliphatic carbocycles. The van der Waals surface area contributed by atoms with Gasteiger partial charge in [-0.1, -0.05) is 55.1 Å². The molecule has 0 aromatic heterocycles. The molecule has 1 fully saturated rings. The average Bonchev–Trinajstić information content (AvgIpc) is 3.00. The molecule has 1 heterocycles. The topological polar surface area (TPSA) is 49.4 Å². The van der Waals surface area contributed by atoms with Gasteiger partial charge >= 0.3 is 0 Å². The highest BCUT2D eigenvalue weighted by atomic mass is 32.2. The monoisotopic (exact) mass is 308 g/mol. The maximum Gasteiger partial charge on any atom is 0.237 e. The molecule has 1 aromatic carbocycles. The van der Waals surface area contributed by atoms with Gasteiger partial charge in [-0.3, -0.25) is 15.0 Å². The lowest BCUT2D eigenvalue weighted by Gasteiger charge is -2.19. The normalized spacial score (nSPS) is 15.7. The summed E-state index contributed by atoms with van der Waals surface area (Å²) in [5, 5.41) is 2.02. The standard InChI is InChI=1S/C10H18N2O2S.C6H6/c1-8(7-15-9(2)13)10(14)11-12-5-3-4-6-12;1-2-4-6-5-3-1/h8H,3-7H2,1-2H3,(H,11,14);1-6H. The highest BCUT2D eigenvalue weighted by molar-refractivity contribution is 8.13. The van der Waals surface area contributed by atoms with Crippen LogP contribution >= 0.6 is 11.8 Å². The van der Waals surface area contributed by atoms with E-state index in [-0.39, 0.29) is 16.9 Å². The summed E-state index contributed by atoms with van der Waals surface area (Å²) in [5.41, 5.74) is 2.87. The van der Waals surface area contributed by atoms with E-state index in [0.717, 1.165) is 25.9 Å². The highest BCUT2D eigenvalue weighted by Crippen LogP contribution is 2.10. The Balaban J connectivity index is 0.000000304. The first-order valence-electron chi connectivity index (χ1n) is 7.28. The molecule has 21 heavy (non-hydrogen) atoms. The predicted molar refractivity (Wildman–Crippen MR) is 87.7 cm³/mol. The number of carbonyl (C=O) groups is 2. The van der Waals surface area contributed by atoms with Crippen molar-refractivity contribution in [3.63, 3.8) is 0 Å². The smallest absolute Gasteiger partial charge is 0.237 e. The third-order valence-electron chi connectivity index (χ3n) is 3.03. The summed E-state index contributed by atoms with van der Waals surface area (Å²) >= 11 is 1.21. The van der Waals surface area contributed by atoms with E-state index in [1.165, 1.54) is 18.7 Å². The van der Waals surface area contributed by atoms with Gasteiger partial charge in [-0.05, 0) is 12.8 Å². The molecule has 1 unspecified atom stereocenters. The number of nitrogens with one attached hydrogen (secondary N) is 1. The van der Waals surface area contributed by atoms with Crippen LogP contribution < -0.4 is 5.43 Å². The van der Waals surface area contributed by atoms with Crippen LogP contribution in [0.3, 0.4) is 0 Å². The minimum absolute atomic E-state index is 0.0191. The molecule has 1 aromatic rings. The number of thioether (sulfide) groups is 1. The number of hydrogen-bond donors (Lipinski definition) is 1. The van der Waals surface area contributed by atoms with Crippen LogP contribution in [0.1, 0.15) is 26.7 Å². The second kappa shape index (κ2) is 10.4. The van der Waals surface area contributed by atoms with Crippen molar-refractivity contribution < 1.29 is 9.59 Å². The summed E-state index contributed by atoms with van der Waals surface area (Å²) in [5.74, 6) is 0.472. The molecule has 2 rings (SSSR count). The lowest BCUT2D eigenvalue weighted by Crippen LogP contribution is -2.43. The van der Waals surface area contributed by atoms with Gasteiger partial charge in [0.15, 0.2) is 5.12 Å². The van der Waals surface area contributed by atoms with Gasteiger partial charge in [-0.2, -0.15) is 0 Å². The summed E-state index contributed by atoms with van der Waals surface area (Å²) in [6.45, 7) is 5.26. The third kappa shape index (κ3) is 8.52. The van der Waals surface area contributed by atoms with Gasteiger partial charge < -0.3 is 0 Å². The molecule has 0 saturated carbocycles. The first-order valence-corrected chi connectivity index (χ1v) is 8.27. The fourth-order valence-corrected chi connectivity index (χ4v) is 2.43. The van der Waals surface area contributed by atoms with Gasteiger partial charge in [0, 0.05) is 31.7 Å². The van der Waals surface area contributed by atoms with Crippen molar-refractivity contribution in [2.24, 2.45) is 5.92 Å². The lowest BCUT2D eigenvalue weighted by molar-refractivity contribution is -0.128. The second-order valence-corrected chi connectivity index (χ2v) is 6.23. The van der Waals surface area contributed by atoms with Crippen LogP contribution in [0.4, 0.5) is 0 Å². The Labute approximate surface area is 131 Å². The zero-order valence-electron chi connectivity index (χ0n) is 12.7. The number of rotatable bonds is 4. The van der Waals surface area contributed by atoms with Gasteiger partial charge in [0.2, 0.25) is 5.91 Å².